The fraction of sp³-hybridized carbons (Fsp3) is 0.529. The number of carbonyl (C=O) groups is 2. The standard InChI is InChI=1S/C17H22FNO4/c1-16(2,3)23-15(21)19-13(10-22-17(19,4)5)14(20)11-6-8-12(18)9-7-11/h6-9,13H,10H2,1-5H3/t13-/m0/s1. The number of amides is 1. The maximum Gasteiger partial charge on any atom is 0.413 e. The van der Waals surface area contributed by atoms with Gasteiger partial charge >= 0.3 is 6.09 Å². The predicted molar refractivity (Wildman–Crippen MR) is 82.6 cm³/mol. The first-order valence-corrected chi connectivity index (χ1v) is 7.47. The molecule has 0 aliphatic carbocycles. The summed E-state index contributed by atoms with van der Waals surface area (Å²) in [6.45, 7) is 8.75. The number of nitrogens with zero attached hydrogens (tertiary/aromatic N) is 1. The van der Waals surface area contributed by atoms with Gasteiger partial charge in [-0.2, -0.15) is 0 Å². The molecule has 23 heavy (non-hydrogen) atoms. The lowest BCUT2D eigenvalue weighted by Crippen LogP contribution is -2.52. The van der Waals surface area contributed by atoms with Gasteiger partial charge in [0.2, 0.25) is 0 Å². The smallest absolute Gasteiger partial charge is 0.413 e. The number of rotatable bonds is 2. The van der Waals surface area contributed by atoms with E-state index in [1.54, 1.807) is 34.6 Å². The van der Waals surface area contributed by atoms with Crippen LogP contribution in [0.3, 0.4) is 0 Å². The van der Waals surface area contributed by atoms with Gasteiger partial charge in [-0.3, -0.25) is 9.69 Å². The quantitative estimate of drug-likeness (QED) is 0.783. The van der Waals surface area contributed by atoms with Crippen LogP contribution in [0.1, 0.15) is 45.0 Å². The molecular formula is C17H22FNO4. The maximum atomic E-state index is 13.0. The lowest BCUT2D eigenvalue weighted by atomic mass is 10.0. The van der Waals surface area contributed by atoms with Crippen molar-refractivity contribution in [3.63, 3.8) is 0 Å². The SMILES string of the molecule is CC(C)(C)OC(=O)N1[C@H](C(=O)c2ccc(F)cc2)COC1(C)C. The van der Waals surface area contributed by atoms with Crippen LogP contribution in [-0.2, 0) is 9.47 Å². The summed E-state index contributed by atoms with van der Waals surface area (Å²) in [7, 11) is 0. The van der Waals surface area contributed by atoms with Crippen LogP contribution in [0.4, 0.5) is 9.18 Å². The van der Waals surface area contributed by atoms with Crippen LogP contribution in [0.5, 0.6) is 0 Å². The van der Waals surface area contributed by atoms with E-state index in [9.17, 15) is 14.0 Å². The summed E-state index contributed by atoms with van der Waals surface area (Å²) in [4.78, 5) is 26.5. The van der Waals surface area contributed by atoms with Gasteiger partial charge in [0.25, 0.3) is 0 Å². The topological polar surface area (TPSA) is 55.8 Å². The zero-order valence-corrected chi connectivity index (χ0v) is 14.1. The number of hydrogen-bond donors (Lipinski definition) is 0. The van der Waals surface area contributed by atoms with Crippen LogP contribution in [0.15, 0.2) is 24.3 Å². The summed E-state index contributed by atoms with van der Waals surface area (Å²) < 4.78 is 24.0. The molecular weight excluding hydrogens is 301 g/mol. The van der Waals surface area contributed by atoms with Gasteiger partial charge in [-0.25, -0.2) is 9.18 Å². The minimum absolute atomic E-state index is 0.0719. The highest BCUT2D eigenvalue weighted by molar-refractivity contribution is 6.02. The van der Waals surface area contributed by atoms with Crippen molar-refractivity contribution < 1.29 is 23.5 Å². The summed E-state index contributed by atoms with van der Waals surface area (Å²) in [5, 5.41) is 0. The Kier molecular flexibility index (Phi) is 4.48. The van der Waals surface area contributed by atoms with Gasteiger partial charge in [0, 0.05) is 5.56 Å². The second-order valence-corrected chi connectivity index (χ2v) is 7.00. The normalized spacial score (nSPS) is 20.4. The van der Waals surface area contributed by atoms with E-state index in [0.717, 1.165) is 0 Å². The molecule has 0 unspecified atom stereocenters. The average Bonchev–Trinajstić information content (AvgIpc) is 2.72. The highest BCUT2D eigenvalue weighted by Crippen LogP contribution is 2.31. The first-order valence-electron chi connectivity index (χ1n) is 7.47. The van der Waals surface area contributed by atoms with Crippen molar-refractivity contribution in [2.75, 3.05) is 6.61 Å². The Balaban J connectivity index is 2.27. The van der Waals surface area contributed by atoms with Crippen molar-refractivity contribution in [3.8, 4) is 0 Å². The van der Waals surface area contributed by atoms with E-state index in [1.807, 2.05) is 0 Å². The summed E-state index contributed by atoms with van der Waals surface area (Å²) in [5.74, 6) is -0.727. The van der Waals surface area contributed by atoms with Gasteiger partial charge in [0.1, 0.15) is 23.2 Å². The van der Waals surface area contributed by atoms with Crippen molar-refractivity contribution in [2.45, 2.75) is 52.0 Å². The molecule has 0 spiro atoms. The molecule has 0 N–H and O–H groups in total. The summed E-state index contributed by atoms with van der Waals surface area (Å²) >= 11 is 0. The number of carbonyl (C=O) groups excluding carboxylic acids is 2. The molecule has 1 atom stereocenters. The third-order valence-corrected chi connectivity index (χ3v) is 3.51. The molecule has 1 saturated heterocycles. The Bertz CT molecular complexity index is 604. The van der Waals surface area contributed by atoms with Gasteiger partial charge in [-0.15, -0.1) is 0 Å². The summed E-state index contributed by atoms with van der Waals surface area (Å²) in [5.41, 5.74) is -1.31. The Morgan fingerprint density at radius 3 is 2.35 bits per heavy atom. The van der Waals surface area contributed by atoms with Gasteiger partial charge < -0.3 is 9.47 Å². The lowest BCUT2D eigenvalue weighted by molar-refractivity contribution is -0.0615. The molecule has 1 aliphatic rings. The predicted octanol–water partition coefficient (Wildman–Crippen LogP) is 3.38. The van der Waals surface area contributed by atoms with Crippen LogP contribution >= 0.6 is 0 Å². The lowest BCUT2D eigenvalue weighted by Gasteiger charge is -2.34. The van der Waals surface area contributed by atoms with Crippen molar-refractivity contribution in [2.24, 2.45) is 0 Å². The summed E-state index contributed by atoms with van der Waals surface area (Å²) in [6.07, 6.45) is -0.611. The van der Waals surface area contributed by atoms with Gasteiger partial charge in [-0.1, -0.05) is 0 Å². The van der Waals surface area contributed by atoms with Crippen LogP contribution in [0, 0.1) is 5.82 Å². The Morgan fingerprint density at radius 1 is 1.26 bits per heavy atom. The molecule has 1 aromatic carbocycles. The van der Waals surface area contributed by atoms with Crippen molar-refractivity contribution in [3.05, 3.63) is 35.6 Å². The minimum atomic E-state index is -0.956. The maximum absolute atomic E-state index is 13.0. The largest absolute Gasteiger partial charge is 0.444 e. The van der Waals surface area contributed by atoms with E-state index < -0.39 is 29.3 Å². The Labute approximate surface area is 135 Å². The number of halogens is 1. The number of ether oxygens (including phenoxy) is 2. The van der Waals surface area contributed by atoms with Gasteiger partial charge in [0.05, 0.1) is 6.61 Å². The third kappa shape index (κ3) is 3.88. The summed E-state index contributed by atoms with van der Waals surface area (Å²) in [6, 6.07) is 4.43. The number of Topliss-reactive ketones (excluding diaryl/α,β-unsaturated/α-hetero) is 1. The van der Waals surface area contributed by atoms with Gasteiger partial charge in [0.15, 0.2) is 5.78 Å². The van der Waals surface area contributed by atoms with Crippen LogP contribution in [-0.4, -0.2) is 40.8 Å². The monoisotopic (exact) mass is 323 g/mol. The number of ketones is 1. The molecule has 0 saturated carbocycles. The van der Waals surface area contributed by atoms with Crippen molar-refractivity contribution in [1.82, 2.24) is 4.90 Å². The molecule has 0 aromatic heterocycles. The van der Waals surface area contributed by atoms with E-state index >= 15 is 0 Å². The molecule has 0 bridgehead atoms. The second kappa shape index (κ2) is 5.92. The second-order valence-electron chi connectivity index (χ2n) is 7.00. The molecule has 1 amide bonds. The van der Waals surface area contributed by atoms with E-state index in [0.29, 0.717) is 5.56 Å². The highest BCUT2D eigenvalue weighted by atomic mass is 19.1. The molecule has 126 valence electrons. The van der Waals surface area contributed by atoms with Crippen molar-refractivity contribution >= 4 is 11.9 Å². The van der Waals surface area contributed by atoms with Crippen LogP contribution < -0.4 is 0 Å². The molecule has 1 aliphatic heterocycles. The zero-order chi connectivity index (χ0) is 17.4. The molecule has 1 heterocycles. The van der Waals surface area contributed by atoms with E-state index in [1.165, 1.54) is 29.2 Å². The molecule has 2 rings (SSSR count). The molecule has 1 fully saturated rings. The van der Waals surface area contributed by atoms with Crippen LogP contribution in [0.2, 0.25) is 0 Å². The molecule has 6 heteroatoms. The fourth-order valence-corrected chi connectivity index (χ4v) is 2.46. The van der Waals surface area contributed by atoms with E-state index in [2.05, 4.69) is 0 Å². The molecule has 1 aromatic rings. The highest BCUT2D eigenvalue weighted by Gasteiger charge is 2.48. The number of benzene rings is 1. The first kappa shape index (κ1) is 17.4. The first-order chi connectivity index (χ1) is 10.5. The number of hydrogen-bond acceptors (Lipinski definition) is 4. The average molecular weight is 323 g/mol. The Hall–Kier alpha value is -1.95. The van der Waals surface area contributed by atoms with E-state index in [4.69, 9.17) is 9.47 Å². The molecule has 5 nitrogen and oxygen atoms in total. The zero-order valence-electron chi connectivity index (χ0n) is 14.1. The fourth-order valence-electron chi connectivity index (χ4n) is 2.46. The van der Waals surface area contributed by atoms with Gasteiger partial charge in [-0.05, 0) is 58.9 Å². The van der Waals surface area contributed by atoms with Crippen LogP contribution in [0.25, 0.3) is 0 Å². The third-order valence-electron chi connectivity index (χ3n) is 3.51. The molecule has 0 radical (unpaired) electrons. The Morgan fingerprint density at radius 2 is 1.83 bits per heavy atom. The minimum Gasteiger partial charge on any atom is -0.444 e. The van der Waals surface area contributed by atoms with Crippen molar-refractivity contribution in [1.29, 1.82) is 0 Å². The van der Waals surface area contributed by atoms with E-state index in [-0.39, 0.29) is 12.4 Å².